The molecule has 7 heteroatoms. The number of carbonyl (C=O) groups is 1. The van der Waals surface area contributed by atoms with Gasteiger partial charge in [0.2, 0.25) is 0 Å². The number of alkyl halides is 3. The van der Waals surface area contributed by atoms with Crippen molar-refractivity contribution in [1.82, 2.24) is 4.90 Å². The van der Waals surface area contributed by atoms with Crippen molar-refractivity contribution in [3.63, 3.8) is 0 Å². The van der Waals surface area contributed by atoms with Crippen LogP contribution in [0.1, 0.15) is 26.3 Å². The molecule has 1 aromatic rings. The zero-order chi connectivity index (χ0) is 18.0. The second kappa shape index (κ2) is 7.01. The lowest BCUT2D eigenvalue weighted by atomic mass is 10.1. The number of carbonyl (C=O) groups excluding carboxylic acids is 1. The summed E-state index contributed by atoms with van der Waals surface area (Å²) in [5.74, 6) is -0.282. The van der Waals surface area contributed by atoms with Crippen LogP contribution in [0.3, 0.4) is 0 Å². The van der Waals surface area contributed by atoms with Gasteiger partial charge < -0.3 is 9.64 Å². The fourth-order valence-corrected chi connectivity index (χ4v) is 2.60. The summed E-state index contributed by atoms with van der Waals surface area (Å²) in [6.45, 7) is 8.01. The molecule has 0 spiro atoms. The molecule has 2 rings (SSSR count). The Bertz CT molecular complexity index is 574. The van der Waals surface area contributed by atoms with E-state index in [1.54, 1.807) is 6.07 Å². The highest BCUT2D eigenvalue weighted by Crippen LogP contribution is 2.31. The van der Waals surface area contributed by atoms with Gasteiger partial charge in [-0.2, -0.15) is 13.2 Å². The molecule has 1 saturated heterocycles. The zero-order valence-corrected chi connectivity index (χ0v) is 14.2. The van der Waals surface area contributed by atoms with Crippen LogP contribution in [0, 0.1) is 0 Å². The molecule has 0 N–H and O–H groups in total. The molecule has 24 heavy (non-hydrogen) atoms. The van der Waals surface area contributed by atoms with E-state index < -0.39 is 17.3 Å². The average molecular weight is 344 g/mol. The molecular formula is C17H23F3N2O2. The predicted molar refractivity (Wildman–Crippen MR) is 85.9 cm³/mol. The molecule has 1 heterocycles. The third kappa shape index (κ3) is 5.40. The first kappa shape index (κ1) is 18.6. The number of benzene rings is 1. The standard InChI is InChI=1S/C17H23F3N2O2/c1-16(2,3)24-15(23)12-21-7-9-22(10-8-21)14-6-4-5-13(11-14)17(18,19)20/h4-6,11H,7-10,12H2,1-3H3. The van der Waals surface area contributed by atoms with Crippen molar-refractivity contribution >= 4 is 11.7 Å². The summed E-state index contributed by atoms with van der Waals surface area (Å²) >= 11 is 0. The van der Waals surface area contributed by atoms with E-state index in [0.29, 0.717) is 31.9 Å². The van der Waals surface area contributed by atoms with E-state index in [2.05, 4.69) is 0 Å². The van der Waals surface area contributed by atoms with Gasteiger partial charge in [-0.25, -0.2) is 0 Å². The van der Waals surface area contributed by atoms with Crippen molar-refractivity contribution in [2.45, 2.75) is 32.5 Å². The minimum Gasteiger partial charge on any atom is -0.459 e. The molecule has 0 amide bonds. The fourth-order valence-electron chi connectivity index (χ4n) is 2.60. The quantitative estimate of drug-likeness (QED) is 0.789. The smallest absolute Gasteiger partial charge is 0.416 e. The summed E-state index contributed by atoms with van der Waals surface area (Å²) < 4.78 is 43.7. The summed E-state index contributed by atoms with van der Waals surface area (Å²) in [4.78, 5) is 15.7. The molecule has 0 bridgehead atoms. The second-order valence-corrected chi connectivity index (χ2v) is 6.90. The van der Waals surface area contributed by atoms with E-state index in [1.807, 2.05) is 30.6 Å². The zero-order valence-electron chi connectivity index (χ0n) is 14.2. The lowest BCUT2D eigenvalue weighted by Crippen LogP contribution is -2.48. The Morgan fingerprint density at radius 2 is 1.75 bits per heavy atom. The van der Waals surface area contributed by atoms with Crippen LogP contribution in [0.5, 0.6) is 0 Å². The molecule has 1 fully saturated rings. The highest BCUT2D eigenvalue weighted by Gasteiger charge is 2.31. The Morgan fingerprint density at radius 3 is 2.29 bits per heavy atom. The highest BCUT2D eigenvalue weighted by atomic mass is 19.4. The number of hydrogen-bond donors (Lipinski definition) is 0. The van der Waals surface area contributed by atoms with Crippen molar-refractivity contribution in [3.05, 3.63) is 29.8 Å². The van der Waals surface area contributed by atoms with E-state index in [-0.39, 0.29) is 12.5 Å². The molecule has 1 aromatic carbocycles. The Balaban J connectivity index is 1.90. The van der Waals surface area contributed by atoms with Gasteiger partial charge in [0.25, 0.3) is 0 Å². The Labute approximate surface area is 140 Å². The minimum atomic E-state index is -4.34. The number of anilines is 1. The van der Waals surface area contributed by atoms with Crippen LogP contribution < -0.4 is 4.90 Å². The first-order chi connectivity index (χ1) is 11.0. The van der Waals surface area contributed by atoms with Gasteiger partial charge >= 0.3 is 12.1 Å². The summed E-state index contributed by atoms with van der Waals surface area (Å²) in [5.41, 5.74) is -0.602. The molecule has 0 aromatic heterocycles. The average Bonchev–Trinajstić information content (AvgIpc) is 2.45. The van der Waals surface area contributed by atoms with Crippen molar-refractivity contribution in [1.29, 1.82) is 0 Å². The molecule has 0 saturated carbocycles. The number of halogens is 3. The summed E-state index contributed by atoms with van der Waals surface area (Å²) in [5, 5.41) is 0. The summed E-state index contributed by atoms with van der Waals surface area (Å²) in [7, 11) is 0. The van der Waals surface area contributed by atoms with E-state index in [9.17, 15) is 18.0 Å². The van der Waals surface area contributed by atoms with Crippen LogP contribution >= 0.6 is 0 Å². The number of piperazine rings is 1. The Kier molecular flexibility index (Phi) is 5.42. The maximum Gasteiger partial charge on any atom is 0.416 e. The van der Waals surface area contributed by atoms with Crippen LogP contribution in [0.15, 0.2) is 24.3 Å². The second-order valence-electron chi connectivity index (χ2n) is 6.90. The van der Waals surface area contributed by atoms with Gasteiger partial charge in [0.1, 0.15) is 5.60 Å². The summed E-state index contributed by atoms with van der Waals surface area (Å²) in [6.07, 6.45) is -4.34. The van der Waals surface area contributed by atoms with E-state index in [4.69, 9.17) is 4.74 Å². The normalized spacial score (nSPS) is 17.0. The molecule has 4 nitrogen and oxygen atoms in total. The molecule has 1 aliphatic rings. The van der Waals surface area contributed by atoms with Crippen LogP contribution in [0.25, 0.3) is 0 Å². The number of nitrogens with zero attached hydrogens (tertiary/aromatic N) is 2. The molecule has 0 aliphatic carbocycles. The predicted octanol–water partition coefficient (Wildman–Crippen LogP) is 3.17. The van der Waals surface area contributed by atoms with Gasteiger partial charge in [-0.3, -0.25) is 9.69 Å². The number of hydrogen-bond acceptors (Lipinski definition) is 4. The van der Waals surface area contributed by atoms with Crippen LogP contribution in [0.2, 0.25) is 0 Å². The van der Waals surface area contributed by atoms with E-state index in [0.717, 1.165) is 6.07 Å². The largest absolute Gasteiger partial charge is 0.459 e. The molecule has 0 unspecified atom stereocenters. The molecule has 134 valence electrons. The van der Waals surface area contributed by atoms with Gasteiger partial charge in [-0.15, -0.1) is 0 Å². The first-order valence-electron chi connectivity index (χ1n) is 7.91. The van der Waals surface area contributed by atoms with E-state index >= 15 is 0 Å². The molecular weight excluding hydrogens is 321 g/mol. The SMILES string of the molecule is CC(C)(C)OC(=O)CN1CCN(c2cccc(C(F)(F)F)c2)CC1. The Hall–Kier alpha value is -1.76. The summed E-state index contributed by atoms with van der Waals surface area (Å²) in [6, 6.07) is 5.34. The molecule has 0 radical (unpaired) electrons. The van der Waals surface area contributed by atoms with Gasteiger partial charge in [0.15, 0.2) is 0 Å². The van der Waals surface area contributed by atoms with Crippen molar-refractivity contribution in [2.24, 2.45) is 0 Å². The van der Waals surface area contributed by atoms with Crippen LogP contribution in [-0.2, 0) is 15.7 Å². The molecule has 0 atom stereocenters. The third-order valence-electron chi connectivity index (χ3n) is 3.68. The van der Waals surface area contributed by atoms with Gasteiger partial charge in [0, 0.05) is 31.9 Å². The number of esters is 1. The van der Waals surface area contributed by atoms with Gasteiger partial charge in [-0.05, 0) is 39.0 Å². The first-order valence-corrected chi connectivity index (χ1v) is 7.91. The topological polar surface area (TPSA) is 32.8 Å². The highest BCUT2D eigenvalue weighted by molar-refractivity contribution is 5.72. The maximum atomic E-state index is 12.8. The van der Waals surface area contributed by atoms with Crippen LogP contribution in [-0.4, -0.2) is 49.2 Å². The number of ether oxygens (including phenoxy) is 1. The maximum absolute atomic E-state index is 12.8. The lowest BCUT2D eigenvalue weighted by molar-refractivity contribution is -0.156. The number of rotatable bonds is 3. The van der Waals surface area contributed by atoms with Gasteiger partial charge in [0.05, 0.1) is 12.1 Å². The van der Waals surface area contributed by atoms with Crippen molar-refractivity contribution < 1.29 is 22.7 Å². The van der Waals surface area contributed by atoms with Crippen LogP contribution in [0.4, 0.5) is 18.9 Å². The third-order valence-corrected chi connectivity index (χ3v) is 3.68. The van der Waals surface area contributed by atoms with Gasteiger partial charge in [-0.1, -0.05) is 6.07 Å². The lowest BCUT2D eigenvalue weighted by Gasteiger charge is -2.36. The van der Waals surface area contributed by atoms with Crippen molar-refractivity contribution in [2.75, 3.05) is 37.6 Å². The monoisotopic (exact) mass is 344 g/mol. The molecule has 1 aliphatic heterocycles. The fraction of sp³-hybridized carbons (Fsp3) is 0.588. The Morgan fingerprint density at radius 1 is 1.12 bits per heavy atom. The van der Waals surface area contributed by atoms with E-state index in [1.165, 1.54) is 12.1 Å². The minimum absolute atomic E-state index is 0.202. The van der Waals surface area contributed by atoms with Crippen molar-refractivity contribution in [3.8, 4) is 0 Å².